The Morgan fingerprint density at radius 1 is 0.947 bits per heavy atom. The molecule has 1 saturated carbocycles. The Morgan fingerprint density at radius 2 is 1.55 bits per heavy atom. The summed E-state index contributed by atoms with van der Waals surface area (Å²) < 4.78 is 23.9. The number of anilines is 2. The number of carbonyl (C=O) groups excluding carboxylic acids is 1. The number of carbonyl (C=O) groups is 2. The van der Waals surface area contributed by atoms with Crippen molar-refractivity contribution < 1.29 is 23.1 Å². The Kier molecular flexibility index (Phi) is 8.87. The summed E-state index contributed by atoms with van der Waals surface area (Å²) in [7, 11) is -3.87. The van der Waals surface area contributed by atoms with Crippen LogP contribution in [0.25, 0.3) is 11.1 Å². The molecule has 0 radical (unpaired) electrons. The minimum absolute atomic E-state index is 0.0299. The van der Waals surface area contributed by atoms with Gasteiger partial charge >= 0.3 is 0 Å². The highest BCUT2D eigenvalue weighted by molar-refractivity contribution is 7.89. The highest BCUT2D eigenvalue weighted by atomic mass is 32.2. The fourth-order valence-corrected chi connectivity index (χ4v) is 5.13. The maximum absolute atomic E-state index is 13.4. The first-order valence-corrected chi connectivity index (χ1v) is 13.4. The van der Waals surface area contributed by atoms with Crippen molar-refractivity contribution in [2.24, 2.45) is 10.9 Å². The van der Waals surface area contributed by atoms with Gasteiger partial charge in [-0.1, -0.05) is 55.3 Å². The molecular formula is C27H31N5O5S. The second-order valence-electron chi connectivity index (χ2n) is 9.00. The molecule has 1 aliphatic carbocycles. The van der Waals surface area contributed by atoms with E-state index in [0.29, 0.717) is 35.2 Å². The van der Waals surface area contributed by atoms with Crippen molar-refractivity contribution in [3.05, 3.63) is 78.4 Å². The second kappa shape index (κ2) is 11.9. The molecule has 200 valence electrons. The number of sulfonamides is 1. The van der Waals surface area contributed by atoms with Gasteiger partial charge in [0.1, 0.15) is 11.4 Å². The zero-order valence-corrected chi connectivity index (χ0v) is 21.7. The van der Waals surface area contributed by atoms with E-state index in [0.717, 1.165) is 25.5 Å². The third-order valence-corrected chi connectivity index (χ3v) is 7.07. The Hall–Kier alpha value is -4.22. The van der Waals surface area contributed by atoms with E-state index in [1.807, 2.05) is 6.07 Å². The fraction of sp³-hybridized carbons (Fsp3) is 0.222. The van der Waals surface area contributed by atoms with Crippen LogP contribution >= 0.6 is 0 Å². The fourth-order valence-electron chi connectivity index (χ4n) is 4.37. The van der Waals surface area contributed by atoms with Crippen LogP contribution in [0.5, 0.6) is 0 Å². The van der Waals surface area contributed by atoms with Crippen LogP contribution in [-0.4, -0.2) is 36.8 Å². The molecule has 0 aliphatic heterocycles. The number of aliphatic carboxylic acids is 1. The Bertz CT molecular complexity index is 1430. The lowest BCUT2D eigenvalue weighted by Gasteiger charge is -2.30. The summed E-state index contributed by atoms with van der Waals surface area (Å²) >= 11 is 0. The Balaban J connectivity index is 0.000000934. The average Bonchev–Trinajstić information content (AvgIpc) is 3.33. The van der Waals surface area contributed by atoms with Gasteiger partial charge in [0.25, 0.3) is 5.97 Å². The third kappa shape index (κ3) is 7.17. The summed E-state index contributed by atoms with van der Waals surface area (Å²) in [5.74, 6) is -1.01. The van der Waals surface area contributed by atoms with Crippen molar-refractivity contribution in [2.45, 2.75) is 43.0 Å². The molecule has 3 aromatic carbocycles. The molecule has 0 spiro atoms. The molecule has 11 heteroatoms. The van der Waals surface area contributed by atoms with Crippen LogP contribution in [0.15, 0.2) is 77.7 Å². The molecule has 0 heterocycles. The van der Waals surface area contributed by atoms with Crippen molar-refractivity contribution in [1.29, 1.82) is 5.41 Å². The number of primary sulfonamides is 1. The molecule has 0 atom stereocenters. The molecule has 1 aliphatic rings. The van der Waals surface area contributed by atoms with Gasteiger partial charge in [0, 0.05) is 29.4 Å². The van der Waals surface area contributed by atoms with E-state index in [9.17, 15) is 13.2 Å². The van der Waals surface area contributed by atoms with Crippen molar-refractivity contribution in [1.82, 2.24) is 0 Å². The number of amidine groups is 1. The van der Waals surface area contributed by atoms with E-state index in [1.165, 1.54) is 6.07 Å². The molecule has 8 N–H and O–H groups in total. The highest BCUT2D eigenvalue weighted by Gasteiger charge is 2.41. The van der Waals surface area contributed by atoms with Gasteiger partial charge in [-0.3, -0.25) is 15.0 Å². The number of benzene rings is 3. The summed E-state index contributed by atoms with van der Waals surface area (Å²) in [6, 6.07) is 20.7. The zero-order valence-electron chi connectivity index (χ0n) is 20.9. The standard InChI is InChI=1S/C25H27N5O3S.C2H4O2/c26-23(27)18-6-5-7-20(16-18)30-25(14-3-4-15-25)24(31)29-19-12-10-17(11-13-19)21-8-1-2-9-22(21)34(28,32)33;1-2(3)4/h1-2,5-13,16,30H,3-4,14-15H2,(H3,26,27)(H,29,31)(H2,28,32,33);1H3,(H,3,4). The predicted molar refractivity (Wildman–Crippen MR) is 147 cm³/mol. The molecule has 0 unspecified atom stereocenters. The quantitative estimate of drug-likeness (QED) is 0.195. The van der Waals surface area contributed by atoms with E-state index in [1.54, 1.807) is 60.7 Å². The number of nitrogen functional groups attached to an aromatic ring is 1. The number of carboxylic acid groups (broad SMARTS) is 1. The van der Waals surface area contributed by atoms with Crippen LogP contribution in [0, 0.1) is 5.41 Å². The topological polar surface area (TPSA) is 188 Å². The monoisotopic (exact) mass is 537 g/mol. The van der Waals surface area contributed by atoms with Crippen LogP contribution in [0.4, 0.5) is 11.4 Å². The molecule has 38 heavy (non-hydrogen) atoms. The molecule has 0 bridgehead atoms. The van der Waals surface area contributed by atoms with E-state index >= 15 is 0 Å². The maximum atomic E-state index is 13.4. The van der Waals surface area contributed by atoms with Crippen molar-refractivity contribution >= 4 is 39.1 Å². The van der Waals surface area contributed by atoms with Gasteiger partial charge in [0.2, 0.25) is 15.9 Å². The predicted octanol–water partition coefficient (Wildman–Crippen LogP) is 3.74. The SMILES string of the molecule is CC(=O)O.N=C(N)c1cccc(NC2(C(=O)Nc3ccc(-c4ccccc4S(N)(=O)=O)cc3)CCCC2)c1. The smallest absolute Gasteiger partial charge is 0.300 e. The summed E-state index contributed by atoms with van der Waals surface area (Å²) in [5, 5.41) is 26.8. The van der Waals surface area contributed by atoms with E-state index in [4.69, 9.17) is 26.2 Å². The van der Waals surface area contributed by atoms with Crippen molar-refractivity contribution in [3.8, 4) is 11.1 Å². The van der Waals surface area contributed by atoms with Crippen LogP contribution in [0.1, 0.15) is 38.2 Å². The average molecular weight is 538 g/mol. The molecule has 10 nitrogen and oxygen atoms in total. The largest absolute Gasteiger partial charge is 0.481 e. The minimum Gasteiger partial charge on any atom is -0.481 e. The van der Waals surface area contributed by atoms with Crippen LogP contribution in [0.2, 0.25) is 0 Å². The number of rotatable bonds is 7. The number of amides is 1. The number of hydrogen-bond donors (Lipinski definition) is 6. The van der Waals surface area contributed by atoms with Crippen LogP contribution in [0.3, 0.4) is 0 Å². The van der Waals surface area contributed by atoms with E-state index in [2.05, 4.69) is 10.6 Å². The van der Waals surface area contributed by atoms with Gasteiger partial charge in [0.05, 0.1) is 4.90 Å². The first-order valence-electron chi connectivity index (χ1n) is 11.9. The first-order chi connectivity index (χ1) is 17.9. The lowest BCUT2D eigenvalue weighted by molar-refractivity contribution is -0.134. The molecule has 0 saturated heterocycles. The summed E-state index contributed by atoms with van der Waals surface area (Å²) in [5.41, 5.74) is 7.95. The lowest BCUT2D eigenvalue weighted by Crippen LogP contribution is -2.47. The number of nitrogens with two attached hydrogens (primary N) is 2. The van der Waals surface area contributed by atoms with Gasteiger partial charge in [-0.05, 0) is 48.7 Å². The van der Waals surface area contributed by atoms with Crippen LogP contribution in [-0.2, 0) is 19.6 Å². The highest BCUT2D eigenvalue weighted by Crippen LogP contribution is 2.35. The molecule has 1 amide bonds. The zero-order chi connectivity index (χ0) is 27.9. The third-order valence-electron chi connectivity index (χ3n) is 6.10. The molecule has 3 aromatic rings. The summed E-state index contributed by atoms with van der Waals surface area (Å²) in [4.78, 5) is 22.4. The Labute approximate surface area is 221 Å². The van der Waals surface area contributed by atoms with Gasteiger partial charge in [0.15, 0.2) is 0 Å². The van der Waals surface area contributed by atoms with Gasteiger partial charge < -0.3 is 21.5 Å². The number of hydrogen-bond acceptors (Lipinski definition) is 6. The maximum Gasteiger partial charge on any atom is 0.300 e. The van der Waals surface area contributed by atoms with Gasteiger partial charge in [-0.15, -0.1) is 0 Å². The number of carboxylic acids is 1. The van der Waals surface area contributed by atoms with Gasteiger partial charge in [-0.25, -0.2) is 13.6 Å². The summed E-state index contributed by atoms with van der Waals surface area (Å²) in [6.45, 7) is 1.08. The normalized spacial score (nSPS) is 14.1. The molecule has 4 rings (SSSR count). The summed E-state index contributed by atoms with van der Waals surface area (Å²) in [6.07, 6.45) is 3.22. The first kappa shape index (κ1) is 28.4. The lowest BCUT2D eigenvalue weighted by atomic mass is 9.95. The van der Waals surface area contributed by atoms with Crippen LogP contribution < -0.4 is 21.5 Å². The van der Waals surface area contributed by atoms with E-state index < -0.39 is 21.5 Å². The Morgan fingerprint density at radius 3 is 2.13 bits per heavy atom. The molecule has 1 fully saturated rings. The number of nitrogens with one attached hydrogen (secondary N) is 3. The van der Waals surface area contributed by atoms with Gasteiger partial charge in [-0.2, -0.15) is 0 Å². The van der Waals surface area contributed by atoms with Crippen molar-refractivity contribution in [3.63, 3.8) is 0 Å². The second-order valence-corrected chi connectivity index (χ2v) is 10.5. The molecule has 0 aromatic heterocycles. The molecular weight excluding hydrogens is 506 g/mol. The van der Waals surface area contributed by atoms with Crippen molar-refractivity contribution in [2.75, 3.05) is 10.6 Å². The minimum atomic E-state index is -3.87. The van der Waals surface area contributed by atoms with E-state index in [-0.39, 0.29) is 16.6 Å².